The lowest BCUT2D eigenvalue weighted by Gasteiger charge is -2.15. The zero-order chi connectivity index (χ0) is 15.6. The van der Waals surface area contributed by atoms with Gasteiger partial charge in [-0.3, -0.25) is 0 Å². The van der Waals surface area contributed by atoms with Crippen molar-refractivity contribution in [3.63, 3.8) is 0 Å². The molecule has 112 valence electrons. The average Bonchev–Trinajstić information content (AvgIpc) is 2.43. The van der Waals surface area contributed by atoms with Crippen LogP contribution in [0.2, 0.25) is 10.0 Å². The lowest BCUT2D eigenvalue weighted by atomic mass is 10.0. The molecule has 2 aromatic rings. The Morgan fingerprint density at radius 1 is 1.05 bits per heavy atom. The number of aryl methyl sites for hydroxylation is 1. The molecule has 2 aromatic carbocycles. The van der Waals surface area contributed by atoms with Gasteiger partial charge in [-0.25, -0.2) is 0 Å². The molecule has 0 saturated heterocycles. The van der Waals surface area contributed by atoms with Gasteiger partial charge in [-0.15, -0.1) is 0 Å². The van der Waals surface area contributed by atoms with Gasteiger partial charge in [0.05, 0.1) is 5.02 Å². The third-order valence-electron chi connectivity index (χ3n) is 3.37. The molecule has 0 fully saturated rings. The van der Waals surface area contributed by atoms with Crippen molar-refractivity contribution in [2.45, 2.75) is 33.2 Å². The van der Waals surface area contributed by atoms with Crippen LogP contribution in [0.1, 0.15) is 36.5 Å². The number of nitrogens with two attached hydrogens (primary N) is 1. The molecule has 0 heterocycles. The monoisotopic (exact) mass is 323 g/mol. The van der Waals surface area contributed by atoms with Crippen molar-refractivity contribution >= 4 is 23.2 Å². The van der Waals surface area contributed by atoms with Gasteiger partial charge in [-0.1, -0.05) is 43.1 Å². The molecule has 0 bridgehead atoms. The molecule has 21 heavy (non-hydrogen) atoms. The highest BCUT2D eigenvalue weighted by Crippen LogP contribution is 2.36. The van der Waals surface area contributed by atoms with Gasteiger partial charge in [0, 0.05) is 11.6 Å². The molecule has 0 spiro atoms. The Balaban J connectivity index is 2.37. The normalized spacial score (nSPS) is 11.0. The second-order valence-electron chi connectivity index (χ2n) is 5.36. The van der Waals surface area contributed by atoms with Crippen molar-refractivity contribution in [1.82, 2.24) is 0 Å². The van der Waals surface area contributed by atoms with E-state index in [1.54, 1.807) is 0 Å². The first-order chi connectivity index (χ1) is 9.92. The minimum absolute atomic E-state index is 0.329. The molecule has 0 aliphatic heterocycles. The zero-order valence-electron chi connectivity index (χ0n) is 12.4. The van der Waals surface area contributed by atoms with Gasteiger partial charge in [0.1, 0.15) is 11.5 Å². The van der Waals surface area contributed by atoms with Crippen LogP contribution in [0.3, 0.4) is 0 Å². The van der Waals surface area contributed by atoms with Crippen LogP contribution in [0.15, 0.2) is 30.3 Å². The van der Waals surface area contributed by atoms with Gasteiger partial charge < -0.3 is 10.5 Å². The van der Waals surface area contributed by atoms with Crippen molar-refractivity contribution in [1.29, 1.82) is 0 Å². The van der Waals surface area contributed by atoms with Crippen molar-refractivity contribution < 1.29 is 4.74 Å². The summed E-state index contributed by atoms with van der Waals surface area (Å²) in [5.74, 6) is 1.72. The van der Waals surface area contributed by atoms with E-state index in [1.807, 2.05) is 37.3 Å². The summed E-state index contributed by atoms with van der Waals surface area (Å²) in [7, 11) is 0. The lowest BCUT2D eigenvalue weighted by Crippen LogP contribution is -1.97. The Hall–Kier alpha value is -1.22. The second kappa shape index (κ2) is 6.69. The molecular formula is C17H19Cl2NO. The Morgan fingerprint density at radius 2 is 1.76 bits per heavy atom. The highest BCUT2D eigenvalue weighted by molar-refractivity contribution is 6.32. The van der Waals surface area contributed by atoms with Crippen LogP contribution < -0.4 is 10.5 Å². The van der Waals surface area contributed by atoms with Gasteiger partial charge in [-0.05, 0) is 53.8 Å². The summed E-state index contributed by atoms with van der Waals surface area (Å²) in [4.78, 5) is 0. The predicted octanol–water partition coefficient (Wildman–Crippen LogP) is 5.68. The van der Waals surface area contributed by atoms with E-state index in [9.17, 15) is 0 Å². The molecule has 0 radical (unpaired) electrons. The molecule has 0 aliphatic rings. The first-order valence-electron chi connectivity index (χ1n) is 6.88. The smallest absolute Gasteiger partial charge is 0.146 e. The number of ether oxygens (including phenoxy) is 1. The minimum Gasteiger partial charge on any atom is -0.456 e. The first kappa shape index (κ1) is 16.2. The summed E-state index contributed by atoms with van der Waals surface area (Å²) < 4.78 is 5.95. The fourth-order valence-corrected chi connectivity index (χ4v) is 2.77. The van der Waals surface area contributed by atoms with Gasteiger partial charge in [0.15, 0.2) is 0 Å². The first-order valence-corrected chi connectivity index (χ1v) is 7.64. The van der Waals surface area contributed by atoms with Gasteiger partial charge in [-0.2, -0.15) is 0 Å². The second-order valence-corrected chi connectivity index (χ2v) is 6.18. The summed E-state index contributed by atoms with van der Waals surface area (Å²) >= 11 is 12.5. The zero-order valence-corrected chi connectivity index (χ0v) is 13.9. The number of halogens is 2. The molecule has 2 N–H and O–H groups in total. The van der Waals surface area contributed by atoms with Crippen molar-refractivity contribution in [2.75, 3.05) is 0 Å². The van der Waals surface area contributed by atoms with Crippen molar-refractivity contribution in [2.24, 2.45) is 5.73 Å². The van der Waals surface area contributed by atoms with Crippen LogP contribution in [0.5, 0.6) is 11.5 Å². The van der Waals surface area contributed by atoms with Gasteiger partial charge in [0.25, 0.3) is 0 Å². The predicted molar refractivity (Wildman–Crippen MR) is 89.7 cm³/mol. The average molecular weight is 324 g/mol. The standard InChI is InChI=1S/C17H19Cl2NO/c1-10(2)13-8-17(11(3)6-14(13)18)21-16-5-4-12(9-20)7-15(16)19/h4-8,10H,9,20H2,1-3H3. The molecule has 2 rings (SSSR count). The fraction of sp³-hybridized carbons (Fsp3) is 0.294. The maximum atomic E-state index is 6.27. The van der Waals surface area contributed by atoms with E-state index in [2.05, 4.69) is 13.8 Å². The van der Waals surface area contributed by atoms with Crippen LogP contribution in [0.25, 0.3) is 0 Å². The van der Waals surface area contributed by atoms with Crippen molar-refractivity contribution in [3.8, 4) is 11.5 Å². The van der Waals surface area contributed by atoms with E-state index in [-0.39, 0.29) is 0 Å². The Bertz CT molecular complexity index is 653. The van der Waals surface area contributed by atoms with E-state index in [4.69, 9.17) is 33.7 Å². The highest BCUT2D eigenvalue weighted by atomic mass is 35.5. The number of hydrogen-bond acceptors (Lipinski definition) is 2. The third-order valence-corrected chi connectivity index (χ3v) is 3.99. The molecule has 0 amide bonds. The van der Waals surface area contributed by atoms with E-state index >= 15 is 0 Å². The molecule has 0 aliphatic carbocycles. The summed E-state index contributed by atoms with van der Waals surface area (Å²) in [6.07, 6.45) is 0. The highest BCUT2D eigenvalue weighted by Gasteiger charge is 2.12. The SMILES string of the molecule is Cc1cc(Cl)c(C(C)C)cc1Oc1ccc(CN)cc1Cl. The molecule has 4 heteroatoms. The summed E-state index contributed by atoms with van der Waals surface area (Å²) in [5.41, 5.74) is 8.61. The molecule has 0 unspecified atom stereocenters. The van der Waals surface area contributed by atoms with Gasteiger partial charge in [0.2, 0.25) is 0 Å². The van der Waals surface area contributed by atoms with Crippen LogP contribution in [0.4, 0.5) is 0 Å². The molecule has 2 nitrogen and oxygen atoms in total. The Labute approximate surface area is 135 Å². The minimum atomic E-state index is 0.329. The maximum Gasteiger partial charge on any atom is 0.146 e. The summed E-state index contributed by atoms with van der Waals surface area (Å²) in [6.45, 7) is 6.62. The van der Waals surface area contributed by atoms with Crippen LogP contribution >= 0.6 is 23.2 Å². The van der Waals surface area contributed by atoms with E-state index in [0.717, 1.165) is 27.5 Å². The van der Waals surface area contributed by atoms with Crippen LogP contribution in [0, 0.1) is 6.92 Å². The summed E-state index contributed by atoms with van der Waals surface area (Å²) in [6, 6.07) is 9.48. The molecule has 0 aromatic heterocycles. The Kier molecular flexibility index (Phi) is 5.15. The maximum absolute atomic E-state index is 6.27. The molecule has 0 saturated carbocycles. The topological polar surface area (TPSA) is 35.2 Å². The largest absolute Gasteiger partial charge is 0.456 e. The van der Waals surface area contributed by atoms with E-state index in [0.29, 0.717) is 23.2 Å². The quantitative estimate of drug-likeness (QED) is 0.785. The number of rotatable bonds is 4. The molecule has 0 atom stereocenters. The lowest BCUT2D eigenvalue weighted by molar-refractivity contribution is 0.478. The third kappa shape index (κ3) is 3.70. The van der Waals surface area contributed by atoms with E-state index in [1.165, 1.54) is 0 Å². The van der Waals surface area contributed by atoms with E-state index < -0.39 is 0 Å². The number of hydrogen-bond donors (Lipinski definition) is 1. The fourth-order valence-electron chi connectivity index (χ4n) is 2.09. The van der Waals surface area contributed by atoms with Crippen LogP contribution in [-0.4, -0.2) is 0 Å². The van der Waals surface area contributed by atoms with Gasteiger partial charge >= 0.3 is 0 Å². The Morgan fingerprint density at radius 3 is 2.33 bits per heavy atom. The summed E-state index contributed by atoms with van der Waals surface area (Å²) in [5, 5.41) is 1.32. The number of benzene rings is 2. The van der Waals surface area contributed by atoms with Crippen LogP contribution in [-0.2, 0) is 6.54 Å². The van der Waals surface area contributed by atoms with Crippen molar-refractivity contribution in [3.05, 3.63) is 57.1 Å². The molecular weight excluding hydrogens is 305 g/mol.